The molecule has 0 aliphatic heterocycles. The number of rotatable bonds is 6. The zero-order valence-corrected chi connectivity index (χ0v) is 15.9. The molecule has 0 saturated heterocycles. The zero-order valence-electron chi connectivity index (χ0n) is 15.9. The number of benzene rings is 1. The lowest BCUT2D eigenvalue weighted by molar-refractivity contribution is 0.0791. The summed E-state index contributed by atoms with van der Waals surface area (Å²) in [5.74, 6) is -0.0578. The number of nitrogens with one attached hydrogen (secondary N) is 1. The van der Waals surface area contributed by atoms with Gasteiger partial charge in [0, 0.05) is 43.2 Å². The topological polar surface area (TPSA) is 71.0 Å². The Hall–Kier alpha value is -3.15. The third kappa shape index (κ3) is 4.34. The molecule has 0 aliphatic rings. The van der Waals surface area contributed by atoms with Gasteiger partial charge >= 0.3 is 0 Å². The molecule has 140 valence electrons. The van der Waals surface area contributed by atoms with Gasteiger partial charge in [-0.3, -0.25) is 14.3 Å². The molecule has 6 nitrogen and oxygen atoms in total. The number of aryl methyl sites for hydroxylation is 3. The maximum atomic E-state index is 12.7. The van der Waals surface area contributed by atoms with Crippen molar-refractivity contribution in [3.8, 4) is 11.1 Å². The van der Waals surface area contributed by atoms with E-state index in [1.807, 2.05) is 30.7 Å². The summed E-state index contributed by atoms with van der Waals surface area (Å²) in [6.45, 7) is 5.42. The first-order valence-corrected chi connectivity index (χ1v) is 9.00. The summed E-state index contributed by atoms with van der Waals surface area (Å²) in [7, 11) is 1.80. The number of hydrogen-bond acceptors (Lipinski definition) is 3. The fourth-order valence-corrected chi connectivity index (χ4v) is 3.15. The molecule has 0 bridgehead atoms. The van der Waals surface area contributed by atoms with Gasteiger partial charge in [0.05, 0.1) is 5.69 Å². The Balaban J connectivity index is 1.66. The molecule has 1 amide bonds. The first-order chi connectivity index (χ1) is 13.0. The number of hydrogen-bond donors (Lipinski definition) is 1. The monoisotopic (exact) mass is 364 g/mol. The lowest BCUT2D eigenvalue weighted by Gasteiger charge is -2.18. The third-order valence-electron chi connectivity index (χ3n) is 4.55. The summed E-state index contributed by atoms with van der Waals surface area (Å²) in [6, 6.07) is 12.8. The molecule has 0 spiro atoms. The van der Waals surface area contributed by atoms with Crippen LogP contribution in [0.4, 0.5) is 0 Å². The number of pyridine rings is 1. The lowest BCUT2D eigenvalue weighted by atomic mass is 10.0. The Morgan fingerprint density at radius 2 is 2.00 bits per heavy atom. The highest BCUT2D eigenvalue weighted by Gasteiger charge is 2.13. The molecule has 3 rings (SSSR count). The molecule has 0 saturated carbocycles. The first kappa shape index (κ1) is 18.6. The zero-order chi connectivity index (χ0) is 19.4. The highest BCUT2D eigenvalue weighted by atomic mass is 16.2. The van der Waals surface area contributed by atoms with Crippen molar-refractivity contribution in [2.24, 2.45) is 0 Å². The second kappa shape index (κ2) is 8.03. The van der Waals surface area contributed by atoms with E-state index in [0.717, 1.165) is 29.9 Å². The summed E-state index contributed by atoms with van der Waals surface area (Å²) < 4.78 is 1.97. The van der Waals surface area contributed by atoms with Crippen LogP contribution in [0.2, 0.25) is 0 Å². The molecule has 0 atom stereocenters. The minimum Gasteiger partial charge on any atom is -0.342 e. The van der Waals surface area contributed by atoms with Crippen LogP contribution in [0.3, 0.4) is 0 Å². The molecule has 27 heavy (non-hydrogen) atoms. The molecular weight excluding hydrogens is 340 g/mol. The molecule has 3 aromatic rings. The van der Waals surface area contributed by atoms with E-state index in [1.165, 1.54) is 0 Å². The molecule has 0 fully saturated rings. The molecule has 2 heterocycles. The molecule has 0 aliphatic carbocycles. The van der Waals surface area contributed by atoms with E-state index in [2.05, 4.69) is 10.1 Å². The van der Waals surface area contributed by atoms with Crippen LogP contribution in [0, 0.1) is 13.8 Å². The predicted octanol–water partition coefficient (Wildman–Crippen LogP) is 3.02. The van der Waals surface area contributed by atoms with E-state index in [9.17, 15) is 9.59 Å². The van der Waals surface area contributed by atoms with E-state index in [-0.39, 0.29) is 11.5 Å². The third-order valence-corrected chi connectivity index (χ3v) is 4.55. The van der Waals surface area contributed by atoms with Crippen LogP contribution in [0.1, 0.15) is 28.2 Å². The molecule has 0 radical (unpaired) electrons. The van der Waals surface area contributed by atoms with Gasteiger partial charge in [-0.1, -0.05) is 12.1 Å². The minimum absolute atomic E-state index is 0.0578. The fourth-order valence-electron chi connectivity index (χ4n) is 3.15. The van der Waals surface area contributed by atoms with Crippen molar-refractivity contribution >= 4 is 5.91 Å². The van der Waals surface area contributed by atoms with Crippen LogP contribution in [0.5, 0.6) is 0 Å². The van der Waals surface area contributed by atoms with Crippen molar-refractivity contribution in [1.29, 1.82) is 0 Å². The quantitative estimate of drug-likeness (QED) is 0.731. The summed E-state index contributed by atoms with van der Waals surface area (Å²) in [6.07, 6.45) is 2.42. The Labute approximate surface area is 158 Å². The van der Waals surface area contributed by atoms with Crippen LogP contribution in [-0.4, -0.2) is 39.2 Å². The summed E-state index contributed by atoms with van der Waals surface area (Å²) in [5.41, 5.74) is 3.83. The number of aromatic amines is 1. The number of nitrogens with zero attached hydrogens (tertiary/aromatic N) is 3. The predicted molar refractivity (Wildman–Crippen MR) is 106 cm³/mol. The Kier molecular flexibility index (Phi) is 5.54. The van der Waals surface area contributed by atoms with Gasteiger partial charge in [0.1, 0.15) is 0 Å². The van der Waals surface area contributed by atoms with Gasteiger partial charge in [-0.05, 0) is 56.2 Å². The van der Waals surface area contributed by atoms with Gasteiger partial charge in [0.2, 0.25) is 0 Å². The van der Waals surface area contributed by atoms with Crippen molar-refractivity contribution in [2.45, 2.75) is 26.8 Å². The Morgan fingerprint density at radius 3 is 2.70 bits per heavy atom. The number of carbonyl (C=O) groups is 1. The number of aromatic nitrogens is 3. The minimum atomic E-state index is -0.166. The SMILES string of the molecule is Cc1cc(C)n(CCCN(C)C(=O)c2cccc(-c3ccc[nH]c3=O)c2)n1. The average Bonchev–Trinajstić information content (AvgIpc) is 2.98. The van der Waals surface area contributed by atoms with E-state index < -0.39 is 0 Å². The number of amides is 1. The average molecular weight is 364 g/mol. The lowest BCUT2D eigenvalue weighted by Crippen LogP contribution is -2.28. The van der Waals surface area contributed by atoms with E-state index in [1.54, 1.807) is 48.5 Å². The fraction of sp³-hybridized carbons (Fsp3) is 0.286. The van der Waals surface area contributed by atoms with E-state index >= 15 is 0 Å². The van der Waals surface area contributed by atoms with Crippen molar-refractivity contribution in [1.82, 2.24) is 19.7 Å². The Morgan fingerprint density at radius 1 is 1.19 bits per heavy atom. The van der Waals surface area contributed by atoms with Crippen LogP contribution >= 0.6 is 0 Å². The van der Waals surface area contributed by atoms with Gasteiger partial charge in [0.15, 0.2) is 0 Å². The molecule has 6 heteroatoms. The molecule has 1 aromatic carbocycles. The van der Waals surface area contributed by atoms with Gasteiger partial charge < -0.3 is 9.88 Å². The van der Waals surface area contributed by atoms with Crippen LogP contribution in [0.25, 0.3) is 11.1 Å². The standard InChI is InChI=1S/C21H24N4O2/c1-15-13-16(2)25(23-15)12-6-11-24(3)21(27)18-8-4-7-17(14-18)19-9-5-10-22-20(19)26/h4-5,7-10,13-14H,6,11-12H2,1-3H3,(H,22,26). The van der Waals surface area contributed by atoms with Gasteiger partial charge in [-0.2, -0.15) is 5.10 Å². The highest BCUT2D eigenvalue weighted by Crippen LogP contribution is 2.17. The Bertz CT molecular complexity index is 1000. The largest absolute Gasteiger partial charge is 0.342 e. The molecule has 0 unspecified atom stereocenters. The highest BCUT2D eigenvalue weighted by molar-refractivity contribution is 5.95. The van der Waals surface area contributed by atoms with Crippen LogP contribution < -0.4 is 5.56 Å². The van der Waals surface area contributed by atoms with Gasteiger partial charge in [0.25, 0.3) is 11.5 Å². The van der Waals surface area contributed by atoms with Crippen molar-refractivity contribution in [3.05, 3.63) is 76.0 Å². The van der Waals surface area contributed by atoms with Crippen molar-refractivity contribution in [2.75, 3.05) is 13.6 Å². The molecule has 2 aromatic heterocycles. The summed E-state index contributed by atoms with van der Waals surface area (Å²) in [5, 5.41) is 4.44. The van der Waals surface area contributed by atoms with E-state index in [0.29, 0.717) is 17.7 Å². The maximum absolute atomic E-state index is 12.7. The second-order valence-electron chi connectivity index (χ2n) is 6.72. The molecule has 1 N–H and O–H groups in total. The van der Waals surface area contributed by atoms with Crippen LogP contribution in [0.15, 0.2) is 53.5 Å². The van der Waals surface area contributed by atoms with Gasteiger partial charge in [-0.15, -0.1) is 0 Å². The smallest absolute Gasteiger partial charge is 0.255 e. The van der Waals surface area contributed by atoms with Crippen molar-refractivity contribution < 1.29 is 4.79 Å². The second-order valence-corrected chi connectivity index (χ2v) is 6.72. The van der Waals surface area contributed by atoms with Crippen LogP contribution in [-0.2, 0) is 6.54 Å². The van der Waals surface area contributed by atoms with Crippen molar-refractivity contribution in [3.63, 3.8) is 0 Å². The summed E-state index contributed by atoms with van der Waals surface area (Å²) >= 11 is 0. The first-order valence-electron chi connectivity index (χ1n) is 9.00. The van der Waals surface area contributed by atoms with Gasteiger partial charge in [-0.25, -0.2) is 0 Å². The molecular formula is C21H24N4O2. The summed E-state index contributed by atoms with van der Waals surface area (Å²) in [4.78, 5) is 29.1. The maximum Gasteiger partial charge on any atom is 0.255 e. The number of carbonyl (C=O) groups excluding carboxylic acids is 1. The normalized spacial score (nSPS) is 10.8. The number of H-pyrrole nitrogens is 1. The van der Waals surface area contributed by atoms with E-state index in [4.69, 9.17) is 0 Å².